The van der Waals surface area contributed by atoms with Crippen LogP contribution in [0.25, 0.3) is 0 Å². The van der Waals surface area contributed by atoms with Crippen LogP contribution in [-0.4, -0.2) is 50.4 Å². The summed E-state index contributed by atoms with van der Waals surface area (Å²) in [5.41, 5.74) is 0.626. The number of halogens is 3. The predicted molar refractivity (Wildman–Crippen MR) is 170 cm³/mol. The van der Waals surface area contributed by atoms with E-state index >= 15 is 0 Å². The number of carbonyl (C=O) groups is 2. The third kappa shape index (κ3) is 8.22. The molecule has 236 valence electrons. The van der Waals surface area contributed by atoms with E-state index in [2.05, 4.69) is 5.32 Å². The lowest BCUT2D eigenvalue weighted by Crippen LogP contribution is -2.53. The van der Waals surface area contributed by atoms with Crippen molar-refractivity contribution in [2.24, 2.45) is 0 Å². The molecule has 0 bridgehead atoms. The number of nitrogens with zero attached hydrogens (tertiary/aromatic N) is 2. The van der Waals surface area contributed by atoms with Crippen LogP contribution in [0.5, 0.6) is 5.75 Å². The molecule has 1 atom stereocenters. The Morgan fingerprint density at radius 1 is 1.00 bits per heavy atom. The van der Waals surface area contributed by atoms with Gasteiger partial charge in [0.15, 0.2) is 0 Å². The molecule has 3 aromatic rings. The molecular weight excluding hydrogens is 628 g/mol. The molecule has 0 spiro atoms. The highest BCUT2D eigenvalue weighted by molar-refractivity contribution is 7.92. The standard InChI is InChI=1S/C32H36Cl2FN3O5S/c1-3-30(32(40)36-25-7-5-6-8-25)37(20-22-9-10-23(33)19-29(22)34)31(39)21-38(26-13-11-24(35)12-14-26)44(41,42)28-17-15-27(16-18-28)43-4-2/h9-19,25,30H,3-8,20-21H2,1-2H3,(H,36,40)/t30-/m1/s1. The fourth-order valence-electron chi connectivity index (χ4n) is 5.26. The van der Waals surface area contributed by atoms with Gasteiger partial charge in [0.2, 0.25) is 11.8 Å². The van der Waals surface area contributed by atoms with E-state index in [0.29, 0.717) is 28.0 Å². The Labute approximate surface area is 268 Å². The molecule has 12 heteroatoms. The second-order valence-electron chi connectivity index (χ2n) is 10.6. The van der Waals surface area contributed by atoms with Gasteiger partial charge in [-0.3, -0.25) is 13.9 Å². The zero-order valence-corrected chi connectivity index (χ0v) is 27.0. The van der Waals surface area contributed by atoms with E-state index in [0.717, 1.165) is 42.1 Å². The second kappa shape index (κ2) is 15.1. The number of hydrogen-bond acceptors (Lipinski definition) is 5. The van der Waals surface area contributed by atoms with Crippen molar-refractivity contribution in [1.82, 2.24) is 10.2 Å². The maximum Gasteiger partial charge on any atom is 0.264 e. The molecule has 1 fully saturated rings. The van der Waals surface area contributed by atoms with Crippen LogP contribution in [0.1, 0.15) is 51.5 Å². The van der Waals surface area contributed by atoms with E-state index in [9.17, 15) is 22.4 Å². The predicted octanol–water partition coefficient (Wildman–Crippen LogP) is 6.59. The van der Waals surface area contributed by atoms with Crippen molar-refractivity contribution in [2.75, 3.05) is 17.5 Å². The third-order valence-electron chi connectivity index (χ3n) is 7.56. The molecule has 0 radical (unpaired) electrons. The van der Waals surface area contributed by atoms with Crippen LogP contribution < -0.4 is 14.4 Å². The van der Waals surface area contributed by atoms with Gasteiger partial charge in [-0.1, -0.05) is 49.0 Å². The van der Waals surface area contributed by atoms with Crippen molar-refractivity contribution in [3.05, 3.63) is 88.2 Å². The third-order valence-corrected chi connectivity index (χ3v) is 9.93. The molecule has 0 heterocycles. The van der Waals surface area contributed by atoms with Crippen molar-refractivity contribution >= 4 is 50.7 Å². The fourth-order valence-corrected chi connectivity index (χ4v) is 7.14. The van der Waals surface area contributed by atoms with Crippen LogP contribution in [0.15, 0.2) is 71.6 Å². The smallest absolute Gasteiger partial charge is 0.264 e. The Kier molecular flexibility index (Phi) is 11.5. The molecule has 8 nitrogen and oxygen atoms in total. The number of nitrogens with one attached hydrogen (secondary N) is 1. The normalized spacial score (nSPS) is 14.2. The van der Waals surface area contributed by atoms with E-state index < -0.39 is 34.3 Å². The van der Waals surface area contributed by atoms with Gasteiger partial charge in [0, 0.05) is 22.6 Å². The summed E-state index contributed by atoms with van der Waals surface area (Å²) in [6.45, 7) is 3.29. The Hall–Kier alpha value is -3.34. The summed E-state index contributed by atoms with van der Waals surface area (Å²) < 4.78 is 48.2. The SMILES string of the molecule is CCOc1ccc(S(=O)(=O)N(CC(=O)N(Cc2ccc(Cl)cc2Cl)[C@H](CC)C(=O)NC2CCCC2)c2ccc(F)cc2)cc1. The molecule has 2 amide bonds. The molecule has 1 aliphatic rings. The molecule has 44 heavy (non-hydrogen) atoms. The molecule has 4 rings (SSSR count). The number of rotatable bonds is 13. The monoisotopic (exact) mass is 663 g/mol. The van der Waals surface area contributed by atoms with Gasteiger partial charge in [0.1, 0.15) is 24.2 Å². The van der Waals surface area contributed by atoms with E-state index in [-0.39, 0.29) is 35.5 Å². The van der Waals surface area contributed by atoms with Crippen molar-refractivity contribution in [3.63, 3.8) is 0 Å². The molecule has 0 unspecified atom stereocenters. The van der Waals surface area contributed by atoms with E-state index in [1.165, 1.54) is 41.3 Å². The average Bonchev–Trinajstić information content (AvgIpc) is 3.51. The first-order valence-corrected chi connectivity index (χ1v) is 16.8. The maximum atomic E-state index is 14.2. The van der Waals surface area contributed by atoms with Crippen molar-refractivity contribution < 1.29 is 27.1 Å². The summed E-state index contributed by atoms with van der Waals surface area (Å²) in [7, 11) is -4.32. The van der Waals surface area contributed by atoms with Crippen LogP contribution in [-0.2, 0) is 26.2 Å². The van der Waals surface area contributed by atoms with Gasteiger partial charge in [-0.25, -0.2) is 12.8 Å². The Balaban J connectivity index is 1.72. The first-order chi connectivity index (χ1) is 21.0. The largest absolute Gasteiger partial charge is 0.494 e. The quantitative estimate of drug-likeness (QED) is 0.223. The summed E-state index contributed by atoms with van der Waals surface area (Å²) in [4.78, 5) is 29.0. The number of hydrogen-bond donors (Lipinski definition) is 1. The topological polar surface area (TPSA) is 96.0 Å². The Bertz CT molecular complexity index is 1550. The van der Waals surface area contributed by atoms with Gasteiger partial charge in [0.05, 0.1) is 17.2 Å². The minimum atomic E-state index is -4.32. The van der Waals surface area contributed by atoms with E-state index in [4.69, 9.17) is 27.9 Å². The number of amides is 2. The molecule has 0 saturated heterocycles. The average molecular weight is 665 g/mol. The van der Waals surface area contributed by atoms with Crippen LogP contribution in [0.2, 0.25) is 10.0 Å². The minimum absolute atomic E-state index is 0.0170. The van der Waals surface area contributed by atoms with E-state index in [1.54, 1.807) is 25.1 Å². The van der Waals surface area contributed by atoms with Gasteiger partial charge < -0.3 is 15.0 Å². The van der Waals surface area contributed by atoms with Crippen LogP contribution in [0, 0.1) is 5.82 Å². The first kappa shape index (κ1) is 33.6. The lowest BCUT2D eigenvalue weighted by molar-refractivity contribution is -0.140. The van der Waals surface area contributed by atoms with Crippen molar-refractivity contribution in [3.8, 4) is 5.75 Å². The summed E-state index contributed by atoms with van der Waals surface area (Å²) in [5, 5.41) is 3.78. The van der Waals surface area contributed by atoms with Gasteiger partial charge in [-0.05, 0) is 92.4 Å². The summed E-state index contributed by atoms with van der Waals surface area (Å²) >= 11 is 12.6. The van der Waals surface area contributed by atoms with Crippen LogP contribution >= 0.6 is 23.2 Å². The molecular formula is C32H36Cl2FN3O5S. The molecule has 3 aromatic carbocycles. The number of carbonyl (C=O) groups excluding carboxylic acids is 2. The molecule has 0 aliphatic heterocycles. The highest BCUT2D eigenvalue weighted by atomic mass is 35.5. The second-order valence-corrected chi connectivity index (χ2v) is 13.3. The number of ether oxygens (including phenoxy) is 1. The Morgan fingerprint density at radius 2 is 1.66 bits per heavy atom. The van der Waals surface area contributed by atoms with Crippen molar-refractivity contribution in [2.45, 2.75) is 69.5 Å². The molecule has 0 aromatic heterocycles. The number of sulfonamides is 1. The van der Waals surface area contributed by atoms with Gasteiger partial charge in [0.25, 0.3) is 10.0 Å². The zero-order valence-electron chi connectivity index (χ0n) is 24.6. The summed E-state index contributed by atoms with van der Waals surface area (Å²) in [6, 6.07) is 14.6. The highest BCUT2D eigenvalue weighted by Crippen LogP contribution is 2.28. The van der Waals surface area contributed by atoms with Gasteiger partial charge in [-0.15, -0.1) is 0 Å². The maximum absolute atomic E-state index is 14.2. The minimum Gasteiger partial charge on any atom is -0.494 e. The first-order valence-electron chi connectivity index (χ1n) is 14.6. The lowest BCUT2D eigenvalue weighted by Gasteiger charge is -2.34. The molecule has 1 N–H and O–H groups in total. The fraction of sp³-hybridized carbons (Fsp3) is 0.375. The highest BCUT2D eigenvalue weighted by Gasteiger charge is 2.35. The molecule has 1 saturated carbocycles. The van der Waals surface area contributed by atoms with Gasteiger partial charge >= 0.3 is 0 Å². The summed E-state index contributed by atoms with van der Waals surface area (Å²) in [6.07, 6.45) is 4.02. The van der Waals surface area contributed by atoms with Crippen LogP contribution in [0.4, 0.5) is 10.1 Å². The molecule has 1 aliphatic carbocycles. The zero-order chi connectivity index (χ0) is 31.9. The number of benzene rings is 3. The summed E-state index contributed by atoms with van der Waals surface area (Å²) in [5.74, 6) is -1.03. The number of anilines is 1. The van der Waals surface area contributed by atoms with E-state index in [1.807, 2.05) is 6.92 Å². The lowest BCUT2D eigenvalue weighted by atomic mass is 10.1. The van der Waals surface area contributed by atoms with Gasteiger partial charge in [-0.2, -0.15) is 0 Å². The van der Waals surface area contributed by atoms with Crippen LogP contribution in [0.3, 0.4) is 0 Å². The van der Waals surface area contributed by atoms with Crippen molar-refractivity contribution in [1.29, 1.82) is 0 Å². The Morgan fingerprint density at radius 3 is 2.25 bits per heavy atom.